The van der Waals surface area contributed by atoms with E-state index < -0.39 is 6.10 Å². The summed E-state index contributed by atoms with van der Waals surface area (Å²) in [6.07, 6.45) is 1.80. The maximum absolute atomic E-state index is 10.0. The summed E-state index contributed by atoms with van der Waals surface area (Å²) < 4.78 is 0. The van der Waals surface area contributed by atoms with Crippen molar-refractivity contribution in [1.29, 1.82) is 0 Å². The number of thiazole rings is 2. The highest BCUT2D eigenvalue weighted by Crippen LogP contribution is 2.27. The van der Waals surface area contributed by atoms with Crippen molar-refractivity contribution >= 4 is 22.7 Å². The van der Waals surface area contributed by atoms with Crippen LogP contribution in [0, 0.1) is 0 Å². The second-order valence-corrected chi connectivity index (χ2v) is 6.86. The molecule has 1 unspecified atom stereocenters. The predicted octanol–water partition coefficient (Wildman–Crippen LogP) is 3.17. The molecule has 0 bridgehead atoms. The summed E-state index contributed by atoms with van der Waals surface area (Å²) in [5.74, 6) is 0. The van der Waals surface area contributed by atoms with Gasteiger partial charge in [-0.1, -0.05) is 20.8 Å². The molecule has 0 aliphatic rings. The van der Waals surface area contributed by atoms with Gasteiger partial charge in [0.2, 0.25) is 0 Å². The van der Waals surface area contributed by atoms with Gasteiger partial charge in [0.15, 0.2) is 0 Å². The third-order valence-corrected chi connectivity index (χ3v) is 4.22. The monoisotopic (exact) mass is 268 g/mol. The maximum atomic E-state index is 10.0. The molecule has 2 heterocycles. The van der Waals surface area contributed by atoms with Crippen LogP contribution in [0.5, 0.6) is 0 Å². The van der Waals surface area contributed by atoms with E-state index in [1.54, 1.807) is 23.0 Å². The molecule has 0 fully saturated rings. The molecule has 5 heteroatoms. The molecular weight excluding hydrogens is 252 g/mol. The Bertz CT molecular complexity index is 471. The Morgan fingerprint density at radius 1 is 1.35 bits per heavy atom. The number of aliphatic hydroxyl groups excluding tert-OH is 1. The predicted molar refractivity (Wildman–Crippen MR) is 71.6 cm³/mol. The summed E-state index contributed by atoms with van der Waals surface area (Å²) in [6, 6.07) is 0. The molecule has 0 aromatic carbocycles. The van der Waals surface area contributed by atoms with E-state index in [9.17, 15) is 5.11 Å². The van der Waals surface area contributed by atoms with Crippen molar-refractivity contribution in [3.05, 3.63) is 32.7 Å². The standard InChI is InChI=1S/C12H16N2OS2/c1-12(2,3)10-6-16-11(14-10)4-8(15)9-5-13-7-17-9/h5-8,15H,4H2,1-3H3. The van der Waals surface area contributed by atoms with Crippen LogP contribution in [0.2, 0.25) is 0 Å². The van der Waals surface area contributed by atoms with E-state index in [1.807, 2.05) is 0 Å². The Hall–Kier alpha value is -0.780. The van der Waals surface area contributed by atoms with Crippen molar-refractivity contribution in [3.8, 4) is 0 Å². The van der Waals surface area contributed by atoms with Crippen molar-refractivity contribution in [2.75, 3.05) is 0 Å². The Balaban J connectivity index is 2.07. The number of rotatable bonds is 3. The lowest BCUT2D eigenvalue weighted by Gasteiger charge is -2.14. The lowest BCUT2D eigenvalue weighted by atomic mass is 9.93. The van der Waals surface area contributed by atoms with E-state index in [0.29, 0.717) is 6.42 Å². The average Bonchev–Trinajstić information content (AvgIpc) is 2.85. The van der Waals surface area contributed by atoms with Crippen molar-refractivity contribution in [2.24, 2.45) is 0 Å². The van der Waals surface area contributed by atoms with Crippen molar-refractivity contribution in [2.45, 2.75) is 38.7 Å². The molecule has 2 aromatic heterocycles. The molecule has 17 heavy (non-hydrogen) atoms. The van der Waals surface area contributed by atoms with Gasteiger partial charge in [-0.2, -0.15) is 0 Å². The van der Waals surface area contributed by atoms with Gasteiger partial charge >= 0.3 is 0 Å². The summed E-state index contributed by atoms with van der Waals surface area (Å²) in [5, 5.41) is 13.1. The first kappa shape index (κ1) is 12.7. The molecule has 0 saturated heterocycles. The zero-order valence-electron chi connectivity index (χ0n) is 10.2. The van der Waals surface area contributed by atoms with Gasteiger partial charge in [0.1, 0.15) is 0 Å². The first-order valence-corrected chi connectivity index (χ1v) is 7.24. The van der Waals surface area contributed by atoms with E-state index in [1.165, 1.54) is 11.3 Å². The van der Waals surface area contributed by atoms with Crippen LogP contribution in [-0.4, -0.2) is 15.1 Å². The number of hydrogen-bond donors (Lipinski definition) is 1. The van der Waals surface area contributed by atoms with Gasteiger partial charge < -0.3 is 5.11 Å². The molecule has 2 rings (SSSR count). The summed E-state index contributed by atoms with van der Waals surface area (Å²) in [7, 11) is 0. The molecular formula is C12H16N2OS2. The van der Waals surface area contributed by atoms with E-state index in [2.05, 4.69) is 36.1 Å². The summed E-state index contributed by atoms with van der Waals surface area (Å²) in [5.41, 5.74) is 2.90. The van der Waals surface area contributed by atoms with Crippen LogP contribution in [0.3, 0.4) is 0 Å². The van der Waals surface area contributed by atoms with E-state index in [0.717, 1.165) is 15.6 Å². The van der Waals surface area contributed by atoms with Gasteiger partial charge in [0.05, 0.1) is 27.2 Å². The molecule has 0 radical (unpaired) electrons. The van der Waals surface area contributed by atoms with E-state index >= 15 is 0 Å². The van der Waals surface area contributed by atoms with E-state index in [4.69, 9.17) is 0 Å². The Kier molecular flexibility index (Phi) is 3.61. The molecule has 1 N–H and O–H groups in total. The first-order valence-electron chi connectivity index (χ1n) is 5.48. The fourth-order valence-corrected chi connectivity index (χ4v) is 3.07. The Labute approximate surface area is 109 Å². The first-order chi connectivity index (χ1) is 7.97. The largest absolute Gasteiger partial charge is 0.387 e. The fourth-order valence-electron chi connectivity index (χ4n) is 1.41. The SMILES string of the molecule is CC(C)(C)c1csc(CC(O)c2cncs2)n1. The van der Waals surface area contributed by atoms with Gasteiger partial charge in [-0.05, 0) is 0 Å². The molecule has 0 saturated carbocycles. The third-order valence-electron chi connectivity index (χ3n) is 2.47. The average molecular weight is 268 g/mol. The van der Waals surface area contributed by atoms with E-state index in [-0.39, 0.29) is 5.41 Å². The highest BCUT2D eigenvalue weighted by molar-refractivity contribution is 7.10. The number of hydrogen-bond acceptors (Lipinski definition) is 5. The van der Waals surface area contributed by atoms with Crippen LogP contribution in [0.25, 0.3) is 0 Å². The van der Waals surface area contributed by atoms with Crippen LogP contribution in [0.15, 0.2) is 17.1 Å². The molecule has 1 atom stereocenters. The number of aromatic nitrogens is 2. The quantitative estimate of drug-likeness (QED) is 0.930. The molecule has 3 nitrogen and oxygen atoms in total. The molecule has 0 spiro atoms. The molecule has 0 aliphatic carbocycles. The zero-order chi connectivity index (χ0) is 12.5. The number of nitrogens with zero attached hydrogens (tertiary/aromatic N) is 2. The van der Waals surface area contributed by atoms with Crippen LogP contribution < -0.4 is 0 Å². The van der Waals surface area contributed by atoms with Gasteiger partial charge in [0.25, 0.3) is 0 Å². The smallest absolute Gasteiger partial charge is 0.0961 e. The minimum atomic E-state index is -0.485. The second kappa shape index (κ2) is 4.84. The van der Waals surface area contributed by atoms with Crippen LogP contribution in [0.4, 0.5) is 0 Å². The van der Waals surface area contributed by atoms with Crippen molar-refractivity contribution in [1.82, 2.24) is 9.97 Å². The minimum Gasteiger partial charge on any atom is -0.387 e. The Morgan fingerprint density at radius 3 is 2.65 bits per heavy atom. The summed E-state index contributed by atoms with van der Waals surface area (Å²) in [6.45, 7) is 6.43. The minimum absolute atomic E-state index is 0.0736. The van der Waals surface area contributed by atoms with Crippen LogP contribution in [-0.2, 0) is 11.8 Å². The van der Waals surface area contributed by atoms with Gasteiger partial charge in [-0.15, -0.1) is 22.7 Å². The Morgan fingerprint density at radius 2 is 2.12 bits per heavy atom. The molecule has 0 amide bonds. The van der Waals surface area contributed by atoms with Gasteiger partial charge in [-0.25, -0.2) is 4.98 Å². The van der Waals surface area contributed by atoms with Gasteiger partial charge in [-0.3, -0.25) is 4.98 Å². The fraction of sp³-hybridized carbons (Fsp3) is 0.500. The van der Waals surface area contributed by atoms with Crippen LogP contribution in [0.1, 0.15) is 42.5 Å². The normalized spacial score (nSPS) is 13.9. The molecule has 92 valence electrons. The topological polar surface area (TPSA) is 46.0 Å². The number of aliphatic hydroxyl groups is 1. The second-order valence-electron chi connectivity index (χ2n) is 5.00. The maximum Gasteiger partial charge on any atom is 0.0961 e. The lowest BCUT2D eigenvalue weighted by Crippen LogP contribution is -2.11. The van der Waals surface area contributed by atoms with Crippen molar-refractivity contribution in [3.63, 3.8) is 0 Å². The summed E-state index contributed by atoms with van der Waals surface area (Å²) >= 11 is 3.09. The zero-order valence-corrected chi connectivity index (χ0v) is 11.8. The molecule has 0 aliphatic heterocycles. The third kappa shape index (κ3) is 3.12. The lowest BCUT2D eigenvalue weighted by molar-refractivity contribution is 0.182. The highest BCUT2D eigenvalue weighted by Gasteiger charge is 2.19. The summed E-state index contributed by atoms with van der Waals surface area (Å²) in [4.78, 5) is 9.45. The van der Waals surface area contributed by atoms with Crippen LogP contribution >= 0.6 is 22.7 Å². The van der Waals surface area contributed by atoms with Crippen molar-refractivity contribution < 1.29 is 5.11 Å². The highest BCUT2D eigenvalue weighted by atomic mass is 32.1. The molecule has 2 aromatic rings. The van der Waals surface area contributed by atoms with Gasteiger partial charge in [0, 0.05) is 23.4 Å².